The lowest BCUT2D eigenvalue weighted by molar-refractivity contribution is -0.201. The molecule has 3 aliphatic rings. The van der Waals surface area contributed by atoms with E-state index in [0.717, 1.165) is 4.90 Å². The standard InChI is InChI=1S/C48H76N4O17/c1-43(2,20-24-49-34(53)19-25-50-35(54)13-14-36(50)55)62-26-21-44(3,4)65-31-33(67-46(7,8)23-28-64-48(11,12)30-42(61)69-52-39(58)17-18-40(52)59)32-66-45(5,6)22-27-63-47(9,10)29-41(60)68-51-37(56)15-16-38(51)57/h13-14,33H,15-32H2,1-12H3,(H,49,53). The third kappa shape index (κ3) is 21.5. The molecule has 390 valence electrons. The van der Waals surface area contributed by atoms with Crippen LogP contribution in [0.4, 0.5) is 0 Å². The zero-order valence-corrected chi connectivity index (χ0v) is 42.7. The van der Waals surface area contributed by atoms with Crippen LogP contribution in [0.25, 0.3) is 0 Å². The van der Waals surface area contributed by atoms with Gasteiger partial charge in [-0.2, -0.15) is 0 Å². The minimum Gasteiger partial charge on any atom is -0.375 e. The smallest absolute Gasteiger partial charge is 0.336 e. The van der Waals surface area contributed by atoms with E-state index in [-0.39, 0.29) is 83.8 Å². The fourth-order valence-electron chi connectivity index (χ4n) is 7.04. The van der Waals surface area contributed by atoms with Crippen LogP contribution < -0.4 is 5.32 Å². The van der Waals surface area contributed by atoms with Gasteiger partial charge in [0.05, 0.1) is 79.5 Å². The summed E-state index contributed by atoms with van der Waals surface area (Å²) >= 11 is 0. The highest BCUT2D eigenvalue weighted by Crippen LogP contribution is 2.27. The first-order valence-electron chi connectivity index (χ1n) is 23.6. The zero-order chi connectivity index (χ0) is 52.0. The normalized spacial score (nSPS) is 16.9. The molecule has 1 unspecified atom stereocenters. The highest BCUT2D eigenvalue weighted by Gasteiger charge is 2.37. The first kappa shape index (κ1) is 58.6. The Hall–Kier alpha value is -4.67. The topological polar surface area (TPSA) is 249 Å². The largest absolute Gasteiger partial charge is 0.375 e. The lowest BCUT2D eigenvalue weighted by Gasteiger charge is -2.36. The van der Waals surface area contributed by atoms with Crippen LogP contribution >= 0.6 is 0 Å². The molecule has 0 saturated carbocycles. The van der Waals surface area contributed by atoms with Gasteiger partial charge in [-0.05, 0) is 109 Å². The minimum absolute atomic E-state index is 0.00259. The molecular formula is C48H76N4O17. The predicted molar refractivity (Wildman–Crippen MR) is 245 cm³/mol. The summed E-state index contributed by atoms with van der Waals surface area (Å²) < 4.78 is 37.9. The van der Waals surface area contributed by atoms with Crippen molar-refractivity contribution in [3.05, 3.63) is 12.2 Å². The van der Waals surface area contributed by atoms with Crippen LogP contribution in [-0.4, -0.2) is 154 Å². The fourth-order valence-corrected chi connectivity index (χ4v) is 7.04. The van der Waals surface area contributed by atoms with Crippen LogP contribution in [0, 0.1) is 0 Å². The Balaban J connectivity index is 1.54. The van der Waals surface area contributed by atoms with Gasteiger partial charge in [0.1, 0.15) is 6.10 Å². The van der Waals surface area contributed by atoms with E-state index in [1.54, 1.807) is 27.7 Å². The molecule has 3 aliphatic heterocycles. The Morgan fingerprint density at radius 1 is 0.522 bits per heavy atom. The number of imide groups is 3. The molecule has 3 heterocycles. The third-order valence-corrected chi connectivity index (χ3v) is 11.4. The van der Waals surface area contributed by atoms with Crippen LogP contribution in [0.3, 0.4) is 0 Å². The summed E-state index contributed by atoms with van der Waals surface area (Å²) in [5.41, 5.74) is -4.77. The van der Waals surface area contributed by atoms with E-state index in [1.807, 2.05) is 55.4 Å². The fraction of sp³-hybridized carbons (Fsp3) is 0.771. The summed E-state index contributed by atoms with van der Waals surface area (Å²) in [6.45, 7) is 23.4. The molecule has 0 aromatic carbocycles. The summed E-state index contributed by atoms with van der Waals surface area (Å²) in [5, 5.41) is 3.84. The van der Waals surface area contributed by atoms with Gasteiger partial charge < -0.3 is 43.4 Å². The van der Waals surface area contributed by atoms with E-state index in [2.05, 4.69) is 5.32 Å². The molecule has 7 amide bonds. The second kappa shape index (κ2) is 24.9. The predicted octanol–water partition coefficient (Wildman–Crippen LogP) is 4.11. The van der Waals surface area contributed by atoms with E-state index in [0.29, 0.717) is 49.0 Å². The van der Waals surface area contributed by atoms with Crippen molar-refractivity contribution in [1.29, 1.82) is 0 Å². The molecule has 0 aromatic heterocycles. The Morgan fingerprint density at radius 2 is 0.884 bits per heavy atom. The summed E-state index contributed by atoms with van der Waals surface area (Å²) in [5.74, 6) is -4.95. The monoisotopic (exact) mass is 981 g/mol. The lowest BCUT2D eigenvalue weighted by Crippen LogP contribution is -2.42. The van der Waals surface area contributed by atoms with Crippen molar-refractivity contribution >= 4 is 53.3 Å². The Kier molecular flexibility index (Phi) is 21.2. The molecule has 0 spiro atoms. The average molecular weight is 981 g/mol. The second-order valence-electron chi connectivity index (χ2n) is 21.2. The van der Waals surface area contributed by atoms with Crippen molar-refractivity contribution in [2.45, 2.75) is 193 Å². The number of rotatable bonds is 32. The van der Waals surface area contributed by atoms with Crippen molar-refractivity contribution in [1.82, 2.24) is 20.3 Å². The molecule has 2 fully saturated rings. The SMILES string of the molecule is CC(C)(CCNC(=O)CCN1C(=O)C=CC1=O)OCCC(C)(C)OCC(COC(C)(C)CCOC(C)(C)CC(=O)ON1C(=O)CCC1=O)OC(C)(C)CCOC(C)(C)CC(=O)ON1C(=O)CCC1=O. The maximum Gasteiger partial charge on any atom is 0.336 e. The molecule has 0 aliphatic carbocycles. The lowest BCUT2D eigenvalue weighted by atomic mass is 10.0. The summed E-state index contributed by atoms with van der Waals surface area (Å²) in [4.78, 5) is 120. The number of hydroxylamine groups is 4. The maximum absolute atomic E-state index is 12.6. The van der Waals surface area contributed by atoms with Gasteiger partial charge in [-0.15, -0.1) is 10.1 Å². The number of hydrogen-bond donors (Lipinski definition) is 1. The Morgan fingerprint density at radius 3 is 1.29 bits per heavy atom. The molecule has 21 nitrogen and oxygen atoms in total. The highest BCUT2D eigenvalue weighted by atomic mass is 16.7. The number of hydrogen-bond acceptors (Lipinski definition) is 17. The minimum atomic E-state index is -0.997. The molecule has 69 heavy (non-hydrogen) atoms. The first-order chi connectivity index (χ1) is 31.8. The average Bonchev–Trinajstić information content (AvgIpc) is 3.83. The van der Waals surface area contributed by atoms with Crippen LogP contribution in [-0.2, 0) is 81.2 Å². The van der Waals surface area contributed by atoms with Gasteiger partial charge in [0, 0.05) is 57.3 Å². The van der Waals surface area contributed by atoms with Gasteiger partial charge >= 0.3 is 11.9 Å². The van der Waals surface area contributed by atoms with Gasteiger partial charge in [-0.1, -0.05) is 0 Å². The van der Waals surface area contributed by atoms with Crippen molar-refractivity contribution in [2.24, 2.45) is 0 Å². The molecule has 1 N–H and O–H groups in total. The number of carbonyl (C=O) groups is 9. The van der Waals surface area contributed by atoms with Crippen molar-refractivity contribution in [3.63, 3.8) is 0 Å². The highest BCUT2D eigenvalue weighted by molar-refractivity contribution is 6.13. The number of amides is 7. The molecule has 2 saturated heterocycles. The Labute approximate surface area is 405 Å². The second-order valence-corrected chi connectivity index (χ2v) is 21.2. The van der Waals surface area contributed by atoms with Crippen molar-refractivity contribution in [2.75, 3.05) is 46.1 Å². The van der Waals surface area contributed by atoms with E-state index >= 15 is 0 Å². The van der Waals surface area contributed by atoms with Gasteiger partial charge in [-0.25, -0.2) is 9.59 Å². The molecular weight excluding hydrogens is 905 g/mol. The quantitative estimate of drug-likeness (QED) is 0.0932. The van der Waals surface area contributed by atoms with E-state index in [9.17, 15) is 43.2 Å². The van der Waals surface area contributed by atoms with E-state index in [4.69, 9.17) is 38.1 Å². The van der Waals surface area contributed by atoms with Gasteiger partial charge in [0.2, 0.25) is 5.91 Å². The number of nitrogens with one attached hydrogen (secondary N) is 1. The van der Waals surface area contributed by atoms with Crippen LogP contribution in [0.2, 0.25) is 0 Å². The van der Waals surface area contributed by atoms with Crippen LogP contribution in [0.1, 0.15) is 154 Å². The maximum atomic E-state index is 12.6. The van der Waals surface area contributed by atoms with E-state index < -0.39 is 87.1 Å². The molecule has 1 atom stereocenters. The molecule has 0 radical (unpaired) electrons. The molecule has 0 aromatic rings. The zero-order valence-electron chi connectivity index (χ0n) is 42.7. The summed E-state index contributed by atoms with van der Waals surface area (Å²) in [7, 11) is 0. The van der Waals surface area contributed by atoms with Crippen molar-refractivity contribution < 1.29 is 81.2 Å². The number of carbonyl (C=O) groups excluding carboxylic acids is 9. The number of nitrogens with zero attached hydrogens (tertiary/aromatic N) is 3. The van der Waals surface area contributed by atoms with E-state index in [1.165, 1.54) is 12.2 Å². The van der Waals surface area contributed by atoms with Gasteiger partial charge in [-0.3, -0.25) is 38.5 Å². The molecule has 3 rings (SSSR count). The van der Waals surface area contributed by atoms with Gasteiger partial charge in [0.15, 0.2) is 0 Å². The summed E-state index contributed by atoms with van der Waals surface area (Å²) in [6.07, 6.45) is 3.14. The van der Waals surface area contributed by atoms with Crippen LogP contribution in [0.5, 0.6) is 0 Å². The first-order valence-corrected chi connectivity index (χ1v) is 23.6. The number of ether oxygens (including phenoxy) is 6. The summed E-state index contributed by atoms with van der Waals surface area (Å²) in [6, 6.07) is 0. The third-order valence-electron chi connectivity index (χ3n) is 11.4. The molecule has 21 heteroatoms. The van der Waals surface area contributed by atoms with Gasteiger partial charge in [0.25, 0.3) is 35.4 Å². The van der Waals surface area contributed by atoms with Crippen molar-refractivity contribution in [3.8, 4) is 0 Å². The van der Waals surface area contributed by atoms with Crippen LogP contribution in [0.15, 0.2) is 12.2 Å². The Bertz CT molecular complexity index is 1860. The molecule has 0 bridgehead atoms.